The first-order chi connectivity index (χ1) is 14.8. The van der Waals surface area contributed by atoms with Gasteiger partial charge in [0.15, 0.2) is 0 Å². The van der Waals surface area contributed by atoms with E-state index >= 15 is 0 Å². The van der Waals surface area contributed by atoms with Gasteiger partial charge >= 0.3 is 0 Å². The number of hydrogen-bond acceptors (Lipinski definition) is 0. The summed E-state index contributed by atoms with van der Waals surface area (Å²) >= 11 is 0. The lowest BCUT2D eigenvalue weighted by atomic mass is 9.94. The van der Waals surface area contributed by atoms with Crippen molar-refractivity contribution in [1.29, 1.82) is 0 Å². The van der Waals surface area contributed by atoms with E-state index in [2.05, 4.69) is 109 Å². The summed E-state index contributed by atoms with van der Waals surface area (Å²) in [5, 5.41) is 15.7. The van der Waals surface area contributed by atoms with Gasteiger partial charge in [0.1, 0.15) is 0 Å². The molecule has 7 aromatic rings. The van der Waals surface area contributed by atoms with E-state index < -0.39 is 0 Å². The Morgan fingerprint density at radius 3 is 1.10 bits per heavy atom. The maximum absolute atomic E-state index is 2.36. The Morgan fingerprint density at radius 2 is 0.600 bits per heavy atom. The van der Waals surface area contributed by atoms with Crippen LogP contribution >= 0.6 is 0 Å². The maximum Gasteiger partial charge on any atom is -0.00990 e. The Kier molecular flexibility index (Phi) is 3.09. The molecule has 0 radical (unpaired) electrons. The lowest BCUT2D eigenvalue weighted by Crippen LogP contribution is -1.83. The molecular formula is C30H18. The van der Waals surface area contributed by atoms with Crippen LogP contribution in [0.4, 0.5) is 0 Å². The number of rotatable bonds is 0. The van der Waals surface area contributed by atoms with Crippen LogP contribution in [0.15, 0.2) is 109 Å². The minimum atomic E-state index is 1.29. The summed E-state index contributed by atoms with van der Waals surface area (Å²) in [6.45, 7) is 0. The Balaban J connectivity index is 1.60. The smallest absolute Gasteiger partial charge is 0.00990 e. The lowest BCUT2D eigenvalue weighted by Gasteiger charge is -2.10. The molecule has 0 spiro atoms. The first-order valence-electron chi connectivity index (χ1n) is 10.4. The fourth-order valence-electron chi connectivity index (χ4n) is 5.01. The zero-order valence-electron chi connectivity index (χ0n) is 16.4. The molecule has 0 nitrogen and oxygen atoms in total. The van der Waals surface area contributed by atoms with Crippen LogP contribution in [0.25, 0.3) is 64.6 Å². The van der Waals surface area contributed by atoms with Crippen molar-refractivity contribution in [3.63, 3.8) is 0 Å². The quantitative estimate of drug-likeness (QED) is 0.183. The Morgan fingerprint density at radius 1 is 0.233 bits per heavy atom. The first kappa shape index (κ1) is 16.0. The van der Waals surface area contributed by atoms with Crippen molar-refractivity contribution in [3.05, 3.63) is 109 Å². The molecule has 0 amide bonds. The van der Waals surface area contributed by atoms with Gasteiger partial charge in [-0.3, -0.25) is 0 Å². The molecule has 0 N–H and O–H groups in total. The second-order valence-corrected chi connectivity index (χ2v) is 8.27. The monoisotopic (exact) mass is 378 g/mol. The highest BCUT2D eigenvalue weighted by atomic mass is 14.1. The molecule has 0 saturated heterocycles. The van der Waals surface area contributed by atoms with E-state index in [9.17, 15) is 0 Å². The lowest BCUT2D eigenvalue weighted by molar-refractivity contribution is 1.78. The molecule has 7 rings (SSSR count). The molecule has 0 unspecified atom stereocenters. The molecule has 0 saturated carbocycles. The van der Waals surface area contributed by atoms with Crippen molar-refractivity contribution < 1.29 is 0 Å². The largest absolute Gasteiger partial charge is 0.0616 e. The van der Waals surface area contributed by atoms with Crippen LogP contribution in [0.2, 0.25) is 0 Å². The van der Waals surface area contributed by atoms with Crippen molar-refractivity contribution in [3.8, 4) is 0 Å². The van der Waals surface area contributed by atoms with Crippen LogP contribution in [-0.4, -0.2) is 0 Å². The van der Waals surface area contributed by atoms with E-state index in [-0.39, 0.29) is 0 Å². The highest BCUT2D eigenvalue weighted by Gasteiger charge is 2.07. The van der Waals surface area contributed by atoms with E-state index in [0.717, 1.165) is 0 Å². The molecule has 0 heteroatoms. The SMILES string of the molecule is c1ccc2c(c1)ccc1cc3cc4cc5ccc6ccccc6c5cc4cc3cc12. The van der Waals surface area contributed by atoms with Crippen LogP contribution in [0.3, 0.4) is 0 Å². The third kappa shape index (κ3) is 2.22. The number of fused-ring (bicyclic) bond motifs is 8. The van der Waals surface area contributed by atoms with E-state index in [4.69, 9.17) is 0 Å². The summed E-state index contributed by atoms with van der Waals surface area (Å²) in [5.41, 5.74) is 0. The third-order valence-electron chi connectivity index (χ3n) is 6.52. The van der Waals surface area contributed by atoms with Crippen molar-refractivity contribution in [2.75, 3.05) is 0 Å². The first-order valence-corrected chi connectivity index (χ1v) is 10.4. The zero-order chi connectivity index (χ0) is 19.7. The van der Waals surface area contributed by atoms with Crippen molar-refractivity contribution in [2.45, 2.75) is 0 Å². The fourth-order valence-corrected chi connectivity index (χ4v) is 5.01. The standard InChI is InChI=1S/C30H18/c1-3-7-27-19(5-1)9-11-21-13-23-15-24-14-22-12-10-20-6-2-4-8-28(20)30(22)18-26(24)16-25(23)17-29(21)27/h1-18H. The Bertz CT molecular complexity index is 1660. The van der Waals surface area contributed by atoms with Gasteiger partial charge in [0.25, 0.3) is 0 Å². The molecule has 0 fully saturated rings. The van der Waals surface area contributed by atoms with Crippen LogP contribution < -0.4 is 0 Å². The summed E-state index contributed by atoms with van der Waals surface area (Å²) in [6.07, 6.45) is 0. The highest BCUT2D eigenvalue weighted by Crippen LogP contribution is 2.34. The number of hydrogen-bond donors (Lipinski definition) is 0. The maximum atomic E-state index is 2.36. The summed E-state index contributed by atoms with van der Waals surface area (Å²) < 4.78 is 0. The van der Waals surface area contributed by atoms with E-state index in [0.29, 0.717) is 0 Å². The minimum Gasteiger partial charge on any atom is -0.0616 e. The highest BCUT2D eigenvalue weighted by molar-refractivity contribution is 6.16. The van der Waals surface area contributed by atoms with Gasteiger partial charge in [-0.05, 0) is 101 Å². The molecule has 0 aliphatic carbocycles. The molecule has 0 bridgehead atoms. The average molecular weight is 378 g/mol. The second-order valence-electron chi connectivity index (χ2n) is 8.27. The predicted octanol–water partition coefficient (Wildman–Crippen LogP) is 8.61. The molecule has 138 valence electrons. The van der Waals surface area contributed by atoms with E-state index in [1.54, 1.807) is 0 Å². The minimum absolute atomic E-state index is 1.29. The summed E-state index contributed by atoms with van der Waals surface area (Å²) in [4.78, 5) is 0. The van der Waals surface area contributed by atoms with E-state index in [1.165, 1.54) is 64.6 Å². The van der Waals surface area contributed by atoms with Gasteiger partial charge in [0.05, 0.1) is 0 Å². The topological polar surface area (TPSA) is 0 Å². The molecule has 30 heavy (non-hydrogen) atoms. The molecule has 7 aromatic carbocycles. The van der Waals surface area contributed by atoms with Gasteiger partial charge in [0, 0.05) is 0 Å². The van der Waals surface area contributed by atoms with Gasteiger partial charge in [-0.1, -0.05) is 72.8 Å². The fraction of sp³-hybridized carbons (Fsp3) is 0. The van der Waals surface area contributed by atoms with Gasteiger partial charge in [-0.2, -0.15) is 0 Å². The van der Waals surface area contributed by atoms with E-state index in [1.807, 2.05) is 0 Å². The van der Waals surface area contributed by atoms with Crippen LogP contribution in [-0.2, 0) is 0 Å². The van der Waals surface area contributed by atoms with Crippen molar-refractivity contribution >= 4 is 64.6 Å². The third-order valence-corrected chi connectivity index (χ3v) is 6.52. The zero-order valence-corrected chi connectivity index (χ0v) is 16.4. The van der Waals surface area contributed by atoms with Crippen LogP contribution in [0, 0.1) is 0 Å². The van der Waals surface area contributed by atoms with Gasteiger partial charge in [-0.25, -0.2) is 0 Å². The van der Waals surface area contributed by atoms with Crippen LogP contribution in [0.5, 0.6) is 0 Å². The Hall–Kier alpha value is -3.90. The summed E-state index contributed by atoms with van der Waals surface area (Å²) in [5.74, 6) is 0. The molecule has 0 heterocycles. The average Bonchev–Trinajstić information content (AvgIpc) is 2.80. The van der Waals surface area contributed by atoms with Crippen molar-refractivity contribution in [2.24, 2.45) is 0 Å². The molecule has 0 aliphatic rings. The summed E-state index contributed by atoms with van der Waals surface area (Å²) in [6, 6.07) is 40.3. The van der Waals surface area contributed by atoms with Crippen LogP contribution in [0.1, 0.15) is 0 Å². The van der Waals surface area contributed by atoms with Gasteiger partial charge < -0.3 is 0 Å². The summed E-state index contributed by atoms with van der Waals surface area (Å²) in [7, 11) is 0. The number of benzene rings is 7. The second kappa shape index (κ2) is 5.81. The Labute approximate surface area is 174 Å². The van der Waals surface area contributed by atoms with Gasteiger partial charge in [-0.15, -0.1) is 0 Å². The molecule has 0 atom stereocenters. The molecule has 0 aromatic heterocycles. The normalized spacial score (nSPS) is 12.0. The molecule has 0 aliphatic heterocycles. The van der Waals surface area contributed by atoms with Crippen molar-refractivity contribution in [1.82, 2.24) is 0 Å². The van der Waals surface area contributed by atoms with Gasteiger partial charge in [0.2, 0.25) is 0 Å². The predicted molar refractivity (Wildman–Crippen MR) is 131 cm³/mol. The molecular weight excluding hydrogens is 360 g/mol.